The van der Waals surface area contributed by atoms with Crippen LogP contribution >= 0.6 is 31.1 Å². The number of benzene rings is 1. The summed E-state index contributed by atoms with van der Waals surface area (Å²) in [5.41, 5.74) is 7.70. The number of aromatic amines is 2. The van der Waals surface area contributed by atoms with Crippen LogP contribution in [0.25, 0.3) is 22.3 Å². The number of nitrogens with one attached hydrogen (secondary N) is 4. The van der Waals surface area contributed by atoms with Crippen molar-refractivity contribution < 1.29 is 104 Å². The summed E-state index contributed by atoms with van der Waals surface area (Å²) >= 11 is 0. The van der Waals surface area contributed by atoms with Crippen LogP contribution in [-0.2, 0) is 73.0 Å². The van der Waals surface area contributed by atoms with Crippen LogP contribution in [0.2, 0.25) is 0 Å². The number of imidazole rings is 2. The molecule has 8 heterocycles. The van der Waals surface area contributed by atoms with Crippen molar-refractivity contribution in [2.24, 2.45) is 13.0 Å². The number of fused-ring (bicyclic) bond motifs is 2. The van der Waals surface area contributed by atoms with E-state index in [0.29, 0.717) is 4.57 Å². The van der Waals surface area contributed by atoms with Gasteiger partial charge in [-0.1, -0.05) is 35.3 Å². The number of nitrogens with two attached hydrogens (primary N) is 2. The minimum Gasteiger partial charge on any atom is -0.778 e. The predicted molar refractivity (Wildman–Crippen MR) is 269 cm³/mol. The summed E-state index contributed by atoms with van der Waals surface area (Å²) in [7, 11) is -21.4. The Morgan fingerprint density at radius 2 is 1.49 bits per heavy atom. The summed E-state index contributed by atoms with van der Waals surface area (Å²) in [6.45, 7) is -3.85. The number of aryl methyl sites for hydroxylation is 1. The van der Waals surface area contributed by atoms with Gasteiger partial charge in [-0.25, -0.2) is 42.8 Å². The quantitative estimate of drug-likeness (QED) is 0.0230. The first-order valence-corrected chi connectivity index (χ1v) is 30.0. The van der Waals surface area contributed by atoms with Gasteiger partial charge in [0.25, 0.3) is 17.1 Å². The van der Waals surface area contributed by atoms with E-state index in [4.69, 9.17) is 44.0 Å². The average Bonchev–Trinajstić information content (AvgIpc) is 3.70. The van der Waals surface area contributed by atoms with E-state index in [0.717, 1.165) is 42.2 Å². The Hall–Kier alpha value is -6.05. The highest BCUT2D eigenvalue weighted by Crippen LogP contribution is 2.68. The number of urea groups is 1. The molecule has 6 aromatic rings. The molecule has 0 aliphatic carbocycles. The molecule has 2 amide bonds. The summed E-state index contributed by atoms with van der Waals surface area (Å²) in [5.74, 6) is -1.67. The first-order valence-electron chi connectivity index (χ1n) is 23.9. The zero-order valence-electron chi connectivity index (χ0n) is 42.3. The summed E-state index contributed by atoms with van der Waals surface area (Å²) in [6, 6.07) is 8.95. The normalized spacial score (nSPS) is 28.6. The second kappa shape index (κ2) is 23.9. The van der Waals surface area contributed by atoms with Gasteiger partial charge in [0.15, 0.2) is 30.2 Å². The predicted octanol–water partition coefficient (Wildman–Crippen LogP) is -3.68. The van der Waals surface area contributed by atoms with Crippen molar-refractivity contribution in [1.29, 1.82) is 0 Å². The second-order valence-electron chi connectivity index (χ2n) is 18.4. The van der Waals surface area contributed by atoms with Crippen LogP contribution in [0.1, 0.15) is 24.2 Å². The smallest absolute Gasteiger partial charge is 0.490 e. The zero-order chi connectivity index (χ0) is 59.2. The molecule has 3 aliphatic rings. The number of phosphoric ester groups is 2. The molecule has 0 saturated carbocycles. The van der Waals surface area contributed by atoms with Crippen molar-refractivity contribution >= 4 is 71.2 Å². The number of rotatable bonds is 22. The van der Waals surface area contributed by atoms with Crippen LogP contribution in [0, 0.1) is 5.92 Å². The third-order valence-electron chi connectivity index (χ3n) is 13.1. The maximum atomic E-state index is 14.3. The Kier molecular flexibility index (Phi) is 17.6. The monoisotopic (exact) mass is 1240 g/mol. The summed E-state index contributed by atoms with van der Waals surface area (Å²) in [5, 5.41) is 38.3. The Morgan fingerprint density at radius 1 is 0.817 bits per heavy atom. The van der Waals surface area contributed by atoms with Crippen molar-refractivity contribution in [3.05, 3.63) is 98.3 Å². The highest BCUT2D eigenvalue weighted by molar-refractivity contribution is 7.66. The Morgan fingerprint density at radius 3 is 2.17 bits per heavy atom. The van der Waals surface area contributed by atoms with Crippen molar-refractivity contribution in [2.45, 2.75) is 73.6 Å². The minimum absolute atomic E-state index is 0.00816. The molecule has 446 valence electrons. The lowest BCUT2D eigenvalue weighted by atomic mass is 9.98. The largest absolute Gasteiger partial charge is 0.778 e. The highest BCUT2D eigenvalue weighted by Gasteiger charge is 2.55. The number of amides is 2. The average molecular weight is 1240 g/mol. The van der Waals surface area contributed by atoms with Crippen molar-refractivity contribution in [1.82, 2.24) is 54.2 Å². The number of hydrogen-bond donors (Lipinski definition) is 12. The van der Waals surface area contributed by atoms with Gasteiger partial charge in [-0.2, -0.15) is 8.62 Å². The third-order valence-corrected chi connectivity index (χ3v) is 19.2. The number of methoxy groups -OCH3 is 1. The third kappa shape index (κ3) is 13.0. The fourth-order valence-corrected chi connectivity index (χ4v) is 14.6. The number of aliphatic hydroxyl groups is 3. The maximum Gasteiger partial charge on any atom is 0.490 e. The van der Waals surface area contributed by atoms with E-state index in [-0.39, 0.29) is 40.6 Å². The van der Waals surface area contributed by atoms with E-state index in [1.807, 2.05) is 4.98 Å². The van der Waals surface area contributed by atoms with Gasteiger partial charge in [0.2, 0.25) is 11.7 Å². The van der Waals surface area contributed by atoms with Crippen LogP contribution < -0.4 is 48.4 Å². The summed E-state index contributed by atoms with van der Waals surface area (Å²) in [6.07, 6.45) is -12.6. The molecule has 1 aromatic carbocycles. The van der Waals surface area contributed by atoms with Crippen LogP contribution in [0.3, 0.4) is 0 Å². The number of phosphoric acid groups is 3. The van der Waals surface area contributed by atoms with Gasteiger partial charge in [0, 0.05) is 38.4 Å². The van der Waals surface area contributed by atoms with Crippen LogP contribution in [0.4, 0.5) is 16.6 Å². The molecule has 3 aliphatic heterocycles. The number of aromatic nitrogens is 10. The number of H-pyrrole nitrogens is 2. The van der Waals surface area contributed by atoms with Gasteiger partial charge >= 0.3 is 40.8 Å². The van der Waals surface area contributed by atoms with Crippen molar-refractivity contribution in [3.63, 3.8) is 0 Å². The maximum absolute atomic E-state index is 14.3. The SMILES string of the molecule is CO[C@@H]1[C@H](P(=O)([O-])OC[C@H]2O[C@@H](n3ccc(=O)[nH]c3=O)[C@H](O)[C@@H]2O)[C@@H](COP(=O)(O)OP(=O)(O)OP(=O)(O)OC[C@H]2O[C@@H]([n+]3cn(C)c4c(=O)[nH]c(N)nc43)[C@H](O)[C@@H]2CNC(=O)NCc2ccccc2)O[C@H]1n1cnc2c(N)ncnc21. The number of nitrogens with zero attached hydrogens (tertiary/aromatic N) is 8. The van der Waals surface area contributed by atoms with E-state index >= 15 is 0 Å². The molecule has 0 radical (unpaired) electrons. The van der Waals surface area contributed by atoms with Gasteiger partial charge in [-0.3, -0.25) is 42.3 Å². The number of aliphatic hydroxyl groups excluding tert-OH is 3. The molecule has 14 N–H and O–H groups in total. The van der Waals surface area contributed by atoms with Gasteiger partial charge in [-0.05, 0) is 5.56 Å². The van der Waals surface area contributed by atoms with E-state index in [9.17, 15) is 72.3 Å². The molecule has 82 heavy (non-hydrogen) atoms. The fraction of sp³-hybridized carbons (Fsp3) is 0.475. The Balaban J connectivity index is 0.886. The van der Waals surface area contributed by atoms with E-state index < -0.39 is 153 Å². The molecule has 3 fully saturated rings. The second-order valence-corrected chi connectivity index (χ2v) is 25.0. The van der Waals surface area contributed by atoms with Crippen LogP contribution in [0.15, 0.2) is 76.0 Å². The molecule has 38 nitrogen and oxygen atoms in total. The van der Waals surface area contributed by atoms with Crippen LogP contribution in [-0.4, -0.2) is 161 Å². The number of anilines is 2. The topological polar surface area (TPSA) is 542 Å². The van der Waals surface area contributed by atoms with Crippen LogP contribution in [0.5, 0.6) is 0 Å². The van der Waals surface area contributed by atoms with E-state index in [1.165, 1.54) is 22.5 Å². The Labute approximate surface area is 457 Å². The zero-order valence-corrected chi connectivity index (χ0v) is 45.9. The van der Waals surface area contributed by atoms with E-state index in [1.54, 1.807) is 30.3 Å². The standard InChI is InChI=1S/C40H52N14O24P4/c1-51-17-54(33-25(51)34(59)50-38(42)49-33)35-26(56)19(11-44-39(60)43-10-18-6-4-3-5-7-18)20(74-35)12-72-80(64,65)77-82(68,69)78-81(66,67)73-14-22-30(29(70-2)37(76-22)53-16-47-24-31(41)45-15-46-32(24)53)79(62,63)71-13-21-27(57)28(58)36(75-21)52-9-8-23(55)48-40(52)61/h3-9,15-17,19-22,26-30,35-37,56-58H,10-14H2,1-2H3,(H11-,41,42,43,44,45,46,48,49,50,55,59,60,61,62,63,64,65,66,67,68,69)/t19-,20-,21-,22-,26-,27-,28-,29-,30-,35-,36-,37-/m1/s1. The number of hydrogen-bond acceptors (Lipinski definition) is 27. The first kappa shape index (κ1) is 60.5. The molecular formula is C40H52N14O24P4. The number of carbonyl (C=O) groups excluding carboxylic acids is 1. The minimum atomic E-state index is -6.29. The van der Waals surface area contributed by atoms with Crippen molar-refractivity contribution in [3.8, 4) is 0 Å². The molecule has 4 unspecified atom stereocenters. The lowest BCUT2D eigenvalue weighted by Gasteiger charge is -2.35. The lowest BCUT2D eigenvalue weighted by molar-refractivity contribution is -0.745. The van der Waals surface area contributed by atoms with E-state index in [2.05, 4.69) is 44.2 Å². The number of ether oxygens (including phenoxy) is 4. The molecule has 0 spiro atoms. The first-order chi connectivity index (χ1) is 38.7. The lowest BCUT2D eigenvalue weighted by Crippen LogP contribution is -2.47. The molecule has 3 saturated heterocycles. The summed E-state index contributed by atoms with van der Waals surface area (Å²) < 4.78 is 106. The van der Waals surface area contributed by atoms with Gasteiger partial charge < -0.3 is 85.0 Å². The molecule has 5 aromatic heterocycles. The molecule has 16 atom stereocenters. The van der Waals surface area contributed by atoms with Gasteiger partial charge in [0.1, 0.15) is 50.0 Å². The molecular weight excluding hydrogens is 1180 g/mol. The highest BCUT2D eigenvalue weighted by atomic mass is 31.3. The molecule has 0 bridgehead atoms. The fourth-order valence-electron chi connectivity index (χ4n) is 9.36. The molecule has 9 rings (SSSR count). The van der Waals surface area contributed by atoms with Gasteiger partial charge in [0.05, 0.1) is 51.1 Å². The Bertz CT molecular complexity index is 3720. The number of nitrogen functional groups attached to an aromatic ring is 2. The van der Waals surface area contributed by atoms with Gasteiger partial charge in [-0.15, -0.1) is 0 Å². The molecule has 42 heteroatoms. The van der Waals surface area contributed by atoms with Crippen molar-refractivity contribution in [2.75, 3.05) is 44.9 Å². The number of carbonyl (C=O) groups is 1. The summed E-state index contributed by atoms with van der Waals surface area (Å²) in [4.78, 5) is 117.